The van der Waals surface area contributed by atoms with Crippen LogP contribution in [-0.2, 0) is 24.9 Å². The molecule has 0 spiro atoms. The van der Waals surface area contributed by atoms with E-state index in [-0.39, 0.29) is 18.5 Å². The van der Waals surface area contributed by atoms with E-state index in [0.717, 1.165) is 22.4 Å². The predicted molar refractivity (Wildman–Crippen MR) is 122 cm³/mol. The van der Waals surface area contributed by atoms with E-state index in [2.05, 4.69) is 35.2 Å². The molecule has 0 aliphatic rings. The highest BCUT2D eigenvalue weighted by atomic mass is 16.2. The summed E-state index contributed by atoms with van der Waals surface area (Å²) in [6.45, 7) is 9.49. The summed E-state index contributed by atoms with van der Waals surface area (Å²) in [6.07, 6.45) is 3.78. The number of benzene rings is 1. The molecule has 162 valence electrons. The normalized spacial score (nSPS) is 11.2. The van der Waals surface area contributed by atoms with Gasteiger partial charge in [-0.3, -0.25) is 14.4 Å². The van der Waals surface area contributed by atoms with Crippen molar-refractivity contribution in [1.82, 2.24) is 19.2 Å². The van der Waals surface area contributed by atoms with E-state index in [0.29, 0.717) is 24.5 Å². The Morgan fingerprint density at radius 3 is 2.52 bits per heavy atom. The molecule has 0 aliphatic heterocycles. The first-order chi connectivity index (χ1) is 14.8. The van der Waals surface area contributed by atoms with Crippen molar-refractivity contribution in [3.63, 3.8) is 0 Å². The fourth-order valence-electron chi connectivity index (χ4n) is 3.66. The maximum atomic E-state index is 13.0. The van der Waals surface area contributed by atoms with Gasteiger partial charge in [-0.05, 0) is 38.8 Å². The fraction of sp³-hybridized carbons (Fsp3) is 0.375. The van der Waals surface area contributed by atoms with Crippen molar-refractivity contribution in [2.75, 3.05) is 11.9 Å². The first-order valence-corrected chi connectivity index (χ1v) is 10.4. The summed E-state index contributed by atoms with van der Waals surface area (Å²) >= 11 is 0. The minimum atomic E-state index is -0.138. The van der Waals surface area contributed by atoms with Gasteiger partial charge in [0.2, 0.25) is 5.91 Å². The van der Waals surface area contributed by atoms with Crippen molar-refractivity contribution >= 4 is 11.7 Å². The Hall–Kier alpha value is -3.37. The van der Waals surface area contributed by atoms with Crippen molar-refractivity contribution in [2.24, 2.45) is 7.05 Å². The van der Waals surface area contributed by atoms with Gasteiger partial charge in [-0.15, -0.1) is 0 Å². The molecule has 7 heteroatoms. The van der Waals surface area contributed by atoms with E-state index in [1.165, 1.54) is 0 Å². The molecule has 0 unspecified atom stereocenters. The molecule has 1 amide bonds. The van der Waals surface area contributed by atoms with E-state index in [1.807, 2.05) is 68.2 Å². The highest BCUT2D eigenvalue weighted by Crippen LogP contribution is 2.27. The van der Waals surface area contributed by atoms with Gasteiger partial charge < -0.3 is 9.88 Å². The molecule has 0 bridgehead atoms. The molecular weight excluding hydrogens is 388 g/mol. The van der Waals surface area contributed by atoms with Crippen molar-refractivity contribution in [3.05, 3.63) is 70.7 Å². The highest BCUT2D eigenvalue weighted by Gasteiger charge is 2.22. The second-order valence-corrected chi connectivity index (χ2v) is 8.19. The average molecular weight is 419 g/mol. The van der Waals surface area contributed by atoms with E-state index in [1.54, 1.807) is 4.68 Å². The van der Waals surface area contributed by atoms with Crippen molar-refractivity contribution < 1.29 is 4.79 Å². The molecule has 0 atom stereocenters. The van der Waals surface area contributed by atoms with Crippen LogP contribution in [-0.4, -0.2) is 37.7 Å². The highest BCUT2D eigenvalue weighted by molar-refractivity contribution is 5.93. The smallest absolute Gasteiger partial charge is 0.239 e. The summed E-state index contributed by atoms with van der Waals surface area (Å²) in [5.41, 5.74) is 4.56. The third-order valence-electron chi connectivity index (χ3n) is 5.60. The zero-order valence-electron chi connectivity index (χ0n) is 18.9. The van der Waals surface area contributed by atoms with Crippen LogP contribution in [0, 0.1) is 25.2 Å². The third kappa shape index (κ3) is 5.22. The molecule has 0 fully saturated rings. The molecule has 1 N–H and O–H groups in total. The number of carbonyl (C=O) groups is 1. The lowest BCUT2D eigenvalue weighted by atomic mass is 10.2. The molecule has 3 aromatic rings. The molecule has 7 nitrogen and oxygen atoms in total. The van der Waals surface area contributed by atoms with Gasteiger partial charge >= 0.3 is 0 Å². The second kappa shape index (κ2) is 9.63. The molecule has 0 radical (unpaired) electrons. The summed E-state index contributed by atoms with van der Waals surface area (Å²) < 4.78 is 3.77. The lowest BCUT2D eigenvalue weighted by Crippen LogP contribution is -2.37. The maximum absolute atomic E-state index is 13.0. The second-order valence-electron chi connectivity index (χ2n) is 8.19. The van der Waals surface area contributed by atoms with Crippen LogP contribution in [0.3, 0.4) is 0 Å². The minimum absolute atomic E-state index is 0.138. The van der Waals surface area contributed by atoms with Gasteiger partial charge in [-0.25, -0.2) is 0 Å². The van der Waals surface area contributed by atoms with Crippen LogP contribution in [0.2, 0.25) is 0 Å². The molecule has 2 heterocycles. The number of carbonyl (C=O) groups excluding carboxylic acids is 1. The summed E-state index contributed by atoms with van der Waals surface area (Å²) in [5.74, 6) is 0.428. The minimum Gasteiger partial charge on any atom is -0.326 e. The average Bonchev–Trinajstić information content (AvgIpc) is 3.24. The van der Waals surface area contributed by atoms with Crippen LogP contribution < -0.4 is 5.32 Å². The fourth-order valence-corrected chi connectivity index (χ4v) is 3.66. The van der Waals surface area contributed by atoms with Gasteiger partial charge in [0.25, 0.3) is 0 Å². The number of nitrogens with one attached hydrogen (secondary N) is 1. The lowest BCUT2D eigenvalue weighted by Gasteiger charge is -2.25. The molecule has 0 saturated carbocycles. The Labute approximate surface area is 183 Å². The summed E-state index contributed by atoms with van der Waals surface area (Å²) in [5, 5.41) is 17.0. The summed E-state index contributed by atoms with van der Waals surface area (Å²) in [4.78, 5) is 15.1. The Morgan fingerprint density at radius 2 is 1.94 bits per heavy atom. The van der Waals surface area contributed by atoms with E-state index >= 15 is 0 Å². The monoisotopic (exact) mass is 418 g/mol. The number of aryl methyl sites for hydroxylation is 1. The maximum Gasteiger partial charge on any atom is 0.239 e. The van der Waals surface area contributed by atoms with Crippen molar-refractivity contribution in [2.45, 2.75) is 46.8 Å². The Kier molecular flexibility index (Phi) is 6.93. The lowest BCUT2D eigenvalue weighted by molar-refractivity contribution is -0.117. The number of nitrogens with zero attached hydrogens (tertiary/aromatic N) is 5. The van der Waals surface area contributed by atoms with Crippen molar-refractivity contribution in [3.8, 4) is 6.07 Å². The number of hydrogen-bond donors (Lipinski definition) is 1. The number of hydrogen-bond acceptors (Lipinski definition) is 4. The van der Waals surface area contributed by atoms with Gasteiger partial charge in [-0.1, -0.05) is 30.3 Å². The van der Waals surface area contributed by atoms with Gasteiger partial charge in [0, 0.05) is 43.6 Å². The quantitative estimate of drug-likeness (QED) is 0.606. The molecular formula is C24H30N6O. The Balaban J connectivity index is 1.82. The zero-order chi connectivity index (χ0) is 22.5. The van der Waals surface area contributed by atoms with E-state index in [4.69, 9.17) is 0 Å². The number of rotatable bonds is 8. The number of amides is 1. The van der Waals surface area contributed by atoms with Crippen LogP contribution in [0.15, 0.2) is 42.7 Å². The zero-order valence-corrected chi connectivity index (χ0v) is 18.9. The SMILES string of the molecule is Cc1c(C#N)c(NC(=O)CN(Cc2cnn(C)c2)C(C)C)n(Cc2ccccc2)c1C. The van der Waals surface area contributed by atoms with Crippen LogP contribution >= 0.6 is 0 Å². The van der Waals surface area contributed by atoms with Gasteiger partial charge in [-0.2, -0.15) is 10.4 Å². The summed E-state index contributed by atoms with van der Waals surface area (Å²) in [6, 6.07) is 12.5. The first-order valence-electron chi connectivity index (χ1n) is 10.4. The molecule has 2 aromatic heterocycles. The first kappa shape index (κ1) is 22.3. The number of anilines is 1. The topological polar surface area (TPSA) is 78.9 Å². The van der Waals surface area contributed by atoms with Gasteiger partial charge in [0.1, 0.15) is 11.9 Å². The van der Waals surface area contributed by atoms with Crippen LogP contribution in [0.25, 0.3) is 0 Å². The van der Waals surface area contributed by atoms with E-state index in [9.17, 15) is 10.1 Å². The molecule has 3 rings (SSSR count). The predicted octanol–water partition coefficient (Wildman–Crippen LogP) is 3.61. The molecule has 0 saturated heterocycles. The standard InChI is InChI=1S/C24H30N6O/c1-17(2)29(14-21-12-26-28(5)13-21)16-23(31)27-24-22(11-25)18(3)19(4)30(24)15-20-9-7-6-8-10-20/h6-10,12-13,17H,14-16H2,1-5H3,(H,27,31). The molecule has 1 aromatic carbocycles. The Bertz CT molecular complexity index is 1090. The van der Waals surface area contributed by atoms with Gasteiger partial charge in [0.15, 0.2) is 0 Å². The van der Waals surface area contributed by atoms with Crippen LogP contribution in [0.1, 0.15) is 41.8 Å². The van der Waals surface area contributed by atoms with Crippen molar-refractivity contribution in [1.29, 1.82) is 5.26 Å². The number of aromatic nitrogens is 3. The van der Waals surface area contributed by atoms with Crippen LogP contribution in [0.4, 0.5) is 5.82 Å². The number of nitriles is 1. The largest absolute Gasteiger partial charge is 0.326 e. The van der Waals surface area contributed by atoms with E-state index < -0.39 is 0 Å². The third-order valence-corrected chi connectivity index (χ3v) is 5.60. The van der Waals surface area contributed by atoms with Crippen LogP contribution in [0.5, 0.6) is 0 Å². The molecule has 0 aliphatic carbocycles. The summed E-state index contributed by atoms with van der Waals surface area (Å²) in [7, 11) is 1.88. The Morgan fingerprint density at radius 1 is 1.23 bits per heavy atom. The molecule has 31 heavy (non-hydrogen) atoms. The van der Waals surface area contributed by atoms with Gasteiger partial charge in [0.05, 0.1) is 18.3 Å².